The number of rotatable bonds is 5. The molecule has 1 aliphatic heterocycles. The molecule has 1 N–H and O–H groups in total. The van der Waals surface area contributed by atoms with Crippen molar-refractivity contribution < 1.29 is 8.42 Å². The zero-order valence-electron chi connectivity index (χ0n) is 13.4. The van der Waals surface area contributed by atoms with E-state index in [1.54, 1.807) is 0 Å². The van der Waals surface area contributed by atoms with Gasteiger partial charge in [-0.3, -0.25) is 10.00 Å². The first kappa shape index (κ1) is 16.0. The molecule has 1 aromatic heterocycles. The molecular weight excluding hydrogens is 298 g/mol. The summed E-state index contributed by atoms with van der Waals surface area (Å²) in [5.74, 6) is 1.27. The van der Waals surface area contributed by atoms with E-state index in [4.69, 9.17) is 0 Å². The highest BCUT2D eigenvalue weighted by molar-refractivity contribution is 7.91. The third-order valence-corrected chi connectivity index (χ3v) is 7.02. The molecule has 3 rings (SSSR count). The van der Waals surface area contributed by atoms with Crippen LogP contribution in [0.4, 0.5) is 0 Å². The predicted molar refractivity (Wildman–Crippen MR) is 87.6 cm³/mol. The van der Waals surface area contributed by atoms with Gasteiger partial charge in [0.1, 0.15) is 0 Å². The quantitative estimate of drug-likeness (QED) is 0.903. The van der Waals surface area contributed by atoms with E-state index >= 15 is 0 Å². The van der Waals surface area contributed by atoms with E-state index in [1.165, 1.54) is 43.4 Å². The van der Waals surface area contributed by atoms with Crippen LogP contribution in [0.15, 0.2) is 6.20 Å². The average molecular weight is 325 g/mol. The maximum atomic E-state index is 11.7. The SMILES string of the molecule is CCN(Cc1cn[nH]c1C1CCCCC1)C1CCS(=O)(=O)C1. The van der Waals surface area contributed by atoms with Gasteiger partial charge in [0.05, 0.1) is 17.7 Å². The van der Waals surface area contributed by atoms with E-state index in [1.807, 2.05) is 6.20 Å². The second-order valence-corrected chi connectivity index (χ2v) is 8.99. The van der Waals surface area contributed by atoms with Crippen molar-refractivity contribution in [3.8, 4) is 0 Å². The molecule has 0 radical (unpaired) electrons. The van der Waals surface area contributed by atoms with Gasteiger partial charge in [0.15, 0.2) is 9.84 Å². The smallest absolute Gasteiger partial charge is 0.151 e. The maximum Gasteiger partial charge on any atom is 0.151 e. The molecule has 1 aliphatic carbocycles. The summed E-state index contributed by atoms with van der Waals surface area (Å²) < 4.78 is 23.5. The average Bonchev–Trinajstić information content (AvgIpc) is 3.11. The molecule has 1 aromatic rings. The van der Waals surface area contributed by atoms with Crippen LogP contribution in [0.5, 0.6) is 0 Å². The molecule has 1 atom stereocenters. The Balaban J connectivity index is 1.70. The zero-order chi connectivity index (χ0) is 15.6. The lowest BCUT2D eigenvalue weighted by atomic mass is 9.85. The van der Waals surface area contributed by atoms with Crippen molar-refractivity contribution in [1.29, 1.82) is 0 Å². The highest BCUT2D eigenvalue weighted by atomic mass is 32.2. The summed E-state index contributed by atoms with van der Waals surface area (Å²) in [7, 11) is -2.83. The highest BCUT2D eigenvalue weighted by Gasteiger charge is 2.32. The Morgan fingerprint density at radius 1 is 1.27 bits per heavy atom. The van der Waals surface area contributed by atoms with Gasteiger partial charge in [-0.1, -0.05) is 26.2 Å². The Labute approximate surface area is 133 Å². The van der Waals surface area contributed by atoms with Crippen LogP contribution in [0.1, 0.15) is 62.6 Å². The largest absolute Gasteiger partial charge is 0.295 e. The molecule has 2 aliphatic rings. The summed E-state index contributed by atoms with van der Waals surface area (Å²) in [6.45, 7) is 3.82. The topological polar surface area (TPSA) is 66.1 Å². The van der Waals surface area contributed by atoms with Crippen molar-refractivity contribution in [2.75, 3.05) is 18.1 Å². The van der Waals surface area contributed by atoms with Crippen LogP contribution >= 0.6 is 0 Å². The predicted octanol–water partition coefficient (Wildman–Crippen LogP) is 2.47. The zero-order valence-corrected chi connectivity index (χ0v) is 14.2. The monoisotopic (exact) mass is 325 g/mol. The summed E-state index contributed by atoms with van der Waals surface area (Å²) in [6, 6.07) is 0.170. The maximum absolute atomic E-state index is 11.7. The van der Waals surface area contributed by atoms with Gasteiger partial charge in [-0.25, -0.2) is 8.42 Å². The molecule has 0 aromatic carbocycles. The number of sulfone groups is 1. The van der Waals surface area contributed by atoms with E-state index in [0.717, 1.165) is 19.5 Å². The number of hydrogen-bond donors (Lipinski definition) is 1. The van der Waals surface area contributed by atoms with Crippen LogP contribution < -0.4 is 0 Å². The Morgan fingerprint density at radius 2 is 2.05 bits per heavy atom. The Morgan fingerprint density at radius 3 is 2.68 bits per heavy atom. The fourth-order valence-corrected chi connectivity index (χ4v) is 5.73. The molecule has 1 unspecified atom stereocenters. The molecule has 5 nitrogen and oxygen atoms in total. The first-order valence-corrected chi connectivity index (χ1v) is 10.4. The van der Waals surface area contributed by atoms with E-state index in [2.05, 4.69) is 22.0 Å². The van der Waals surface area contributed by atoms with Gasteiger partial charge in [-0.05, 0) is 25.8 Å². The molecule has 6 heteroatoms. The fourth-order valence-electron chi connectivity index (χ4n) is 3.97. The summed E-state index contributed by atoms with van der Waals surface area (Å²) in [5.41, 5.74) is 2.55. The van der Waals surface area contributed by atoms with Crippen molar-refractivity contribution in [2.24, 2.45) is 0 Å². The van der Waals surface area contributed by atoms with Crippen molar-refractivity contribution in [3.05, 3.63) is 17.5 Å². The second-order valence-electron chi connectivity index (χ2n) is 6.76. The third-order valence-electron chi connectivity index (χ3n) is 5.27. The lowest BCUT2D eigenvalue weighted by Gasteiger charge is -2.28. The van der Waals surface area contributed by atoms with Crippen molar-refractivity contribution >= 4 is 9.84 Å². The summed E-state index contributed by atoms with van der Waals surface area (Å²) >= 11 is 0. The number of aromatic amines is 1. The van der Waals surface area contributed by atoms with Gasteiger partial charge in [-0.2, -0.15) is 5.10 Å². The lowest BCUT2D eigenvalue weighted by molar-refractivity contribution is 0.213. The Hall–Kier alpha value is -0.880. The second kappa shape index (κ2) is 6.71. The first-order valence-electron chi connectivity index (χ1n) is 8.55. The van der Waals surface area contributed by atoms with Crippen LogP contribution in [0.3, 0.4) is 0 Å². The van der Waals surface area contributed by atoms with Crippen molar-refractivity contribution in [3.63, 3.8) is 0 Å². The van der Waals surface area contributed by atoms with Gasteiger partial charge in [0.25, 0.3) is 0 Å². The minimum atomic E-state index is -2.83. The minimum Gasteiger partial charge on any atom is -0.295 e. The minimum absolute atomic E-state index is 0.170. The first-order chi connectivity index (χ1) is 10.6. The number of H-pyrrole nitrogens is 1. The summed E-state index contributed by atoms with van der Waals surface area (Å²) in [6.07, 6.45) is 9.17. The summed E-state index contributed by atoms with van der Waals surface area (Å²) in [4.78, 5) is 2.31. The number of hydrogen-bond acceptors (Lipinski definition) is 4. The molecular formula is C16H27N3O2S. The van der Waals surface area contributed by atoms with E-state index in [0.29, 0.717) is 17.4 Å². The summed E-state index contributed by atoms with van der Waals surface area (Å²) in [5, 5.41) is 7.49. The van der Waals surface area contributed by atoms with Crippen LogP contribution in [-0.4, -0.2) is 47.6 Å². The molecule has 2 fully saturated rings. The van der Waals surface area contributed by atoms with Gasteiger partial charge in [-0.15, -0.1) is 0 Å². The number of nitrogens with one attached hydrogen (secondary N) is 1. The van der Waals surface area contributed by atoms with Crippen LogP contribution in [0.25, 0.3) is 0 Å². The fraction of sp³-hybridized carbons (Fsp3) is 0.812. The van der Waals surface area contributed by atoms with E-state index in [-0.39, 0.29) is 6.04 Å². The van der Waals surface area contributed by atoms with Gasteiger partial charge in [0, 0.05) is 29.8 Å². The molecule has 0 amide bonds. The Kier molecular flexibility index (Phi) is 4.88. The van der Waals surface area contributed by atoms with Gasteiger partial charge < -0.3 is 0 Å². The van der Waals surface area contributed by atoms with Crippen molar-refractivity contribution in [2.45, 2.75) is 64.0 Å². The van der Waals surface area contributed by atoms with E-state index in [9.17, 15) is 8.42 Å². The molecule has 0 spiro atoms. The van der Waals surface area contributed by atoms with Crippen LogP contribution in [0, 0.1) is 0 Å². The van der Waals surface area contributed by atoms with Crippen molar-refractivity contribution in [1.82, 2.24) is 15.1 Å². The lowest BCUT2D eigenvalue weighted by Crippen LogP contribution is -2.35. The molecule has 124 valence electrons. The molecule has 1 saturated carbocycles. The Bertz CT molecular complexity index is 590. The van der Waals surface area contributed by atoms with Crippen LogP contribution in [-0.2, 0) is 16.4 Å². The molecule has 22 heavy (non-hydrogen) atoms. The molecule has 1 saturated heterocycles. The highest BCUT2D eigenvalue weighted by Crippen LogP contribution is 2.33. The van der Waals surface area contributed by atoms with Crippen LogP contribution in [0.2, 0.25) is 0 Å². The third kappa shape index (κ3) is 3.54. The van der Waals surface area contributed by atoms with E-state index < -0.39 is 9.84 Å². The van der Waals surface area contributed by atoms with Gasteiger partial charge in [0.2, 0.25) is 0 Å². The normalized spacial score (nSPS) is 25.8. The molecule has 2 heterocycles. The number of aromatic nitrogens is 2. The van der Waals surface area contributed by atoms with Gasteiger partial charge >= 0.3 is 0 Å². The standard InChI is InChI=1S/C16H27N3O2S/c1-2-19(15-8-9-22(20,21)12-15)11-14-10-17-18-16(14)13-6-4-3-5-7-13/h10,13,15H,2-9,11-12H2,1H3,(H,17,18). The number of nitrogens with zero attached hydrogens (tertiary/aromatic N) is 2. The molecule has 0 bridgehead atoms.